The maximum absolute atomic E-state index is 13.2. The van der Waals surface area contributed by atoms with Crippen LogP contribution in [-0.4, -0.2) is 56.8 Å². The number of nitrogens with one attached hydrogen (secondary N) is 1. The van der Waals surface area contributed by atoms with Crippen molar-refractivity contribution in [3.8, 4) is 0 Å². The first-order chi connectivity index (χ1) is 14.3. The first kappa shape index (κ1) is 20.7. The summed E-state index contributed by atoms with van der Waals surface area (Å²) in [6.45, 7) is 5.45. The fourth-order valence-corrected chi connectivity index (χ4v) is 5.91. The molecule has 0 aromatic heterocycles. The average molecular weight is 429 g/mol. The molecule has 0 radical (unpaired) electrons. The number of hydrogen-bond acceptors (Lipinski definition) is 4. The van der Waals surface area contributed by atoms with Gasteiger partial charge in [0.05, 0.1) is 43.2 Å². The van der Waals surface area contributed by atoms with E-state index in [2.05, 4.69) is 0 Å². The third-order valence-corrected chi connectivity index (χ3v) is 7.96. The zero-order valence-corrected chi connectivity index (χ0v) is 18.0. The van der Waals surface area contributed by atoms with Gasteiger partial charge in [0.15, 0.2) is 6.04 Å². The number of para-hydroxylation sites is 1. The molecule has 0 aliphatic carbocycles. The zero-order valence-electron chi connectivity index (χ0n) is 17.2. The van der Waals surface area contributed by atoms with E-state index in [1.807, 2.05) is 32.0 Å². The number of piperazine rings is 1. The lowest BCUT2D eigenvalue weighted by molar-refractivity contribution is -0.918. The average Bonchev–Trinajstić information content (AvgIpc) is 3.03. The Morgan fingerprint density at radius 2 is 1.50 bits per heavy atom. The van der Waals surface area contributed by atoms with Gasteiger partial charge in [0, 0.05) is 0 Å². The van der Waals surface area contributed by atoms with Gasteiger partial charge in [0.2, 0.25) is 15.9 Å². The van der Waals surface area contributed by atoms with Crippen molar-refractivity contribution in [2.75, 3.05) is 31.1 Å². The van der Waals surface area contributed by atoms with E-state index < -0.39 is 16.1 Å². The summed E-state index contributed by atoms with van der Waals surface area (Å²) in [5.74, 6) is -0.374. The first-order valence-electron chi connectivity index (χ1n) is 10.1. The Morgan fingerprint density at radius 1 is 0.900 bits per heavy atom. The third-order valence-electron chi connectivity index (χ3n) is 6.05. The van der Waals surface area contributed by atoms with Crippen molar-refractivity contribution >= 4 is 27.5 Å². The van der Waals surface area contributed by atoms with Crippen LogP contribution in [0.25, 0.3) is 0 Å². The van der Waals surface area contributed by atoms with Crippen LogP contribution < -0.4 is 9.80 Å². The topological polar surface area (TPSA) is 79.2 Å². The summed E-state index contributed by atoms with van der Waals surface area (Å²) in [5.41, 5.74) is 2.47. The fourth-order valence-electron chi connectivity index (χ4n) is 4.45. The number of carbonyl (C=O) groups is 2. The van der Waals surface area contributed by atoms with E-state index in [9.17, 15) is 18.0 Å². The molecule has 2 heterocycles. The van der Waals surface area contributed by atoms with Crippen LogP contribution >= 0.6 is 0 Å². The van der Waals surface area contributed by atoms with Crippen molar-refractivity contribution in [2.24, 2.45) is 0 Å². The number of aryl methyl sites for hydroxylation is 2. The molecule has 8 heteroatoms. The summed E-state index contributed by atoms with van der Waals surface area (Å²) in [6, 6.07) is 13.6. The summed E-state index contributed by atoms with van der Waals surface area (Å²) >= 11 is 0. The summed E-state index contributed by atoms with van der Waals surface area (Å²) in [4.78, 5) is 28.5. The van der Waals surface area contributed by atoms with Gasteiger partial charge in [-0.3, -0.25) is 9.59 Å². The monoisotopic (exact) mass is 428 g/mol. The summed E-state index contributed by atoms with van der Waals surface area (Å²) in [5, 5.41) is 0. The maximum Gasteiger partial charge on any atom is 0.292 e. The van der Waals surface area contributed by atoms with Gasteiger partial charge in [-0.05, 0) is 37.1 Å². The van der Waals surface area contributed by atoms with Crippen LogP contribution in [0.15, 0.2) is 53.4 Å². The number of benzene rings is 2. The first-order valence-corrected chi connectivity index (χ1v) is 11.6. The standard InChI is InChI=1S/C22H25N3O4S/c1-16-7-6-8-17(2)21(16)25-20(26)15-19(22(25)27)23-11-13-24(14-12-23)30(28,29)18-9-4-3-5-10-18/h3-10,19H,11-15H2,1-2H3/p+1/t19-/m1/s1. The smallest absolute Gasteiger partial charge is 0.292 e. The van der Waals surface area contributed by atoms with E-state index in [-0.39, 0.29) is 23.1 Å². The second kappa shape index (κ2) is 7.94. The summed E-state index contributed by atoms with van der Waals surface area (Å²) in [6.07, 6.45) is 0.160. The molecule has 0 unspecified atom stereocenters. The number of hydrogen-bond donors (Lipinski definition) is 1. The van der Waals surface area contributed by atoms with Gasteiger partial charge in [-0.15, -0.1) is 0 Å². The number of imide groups is 1. The van der Waals surface area contributed by atoms with Gasteiger partial charge >= 0.3 is 0 Å². The molecule has 1 N–H and O–H groups in total. The second-order valence-corrected chi connectivity index (χ2v) is 9.88. The molecule has 7 nitrogen and oxygen atoms in total. The molecule has 30 heavy (non-hydrogen) atoms. The number of sulfonamides is 1. The number of amides is 2. The van der Waals surface area contributed by atoms with Crippen molar-refractivity contribution < 1.29 is 22.9 Å². The highest BCUT2D eigenvalue weighted by atomic mass is 32.2. The lowest BCUT2D eigenvalue weighted by Gasteiger charge is -2.33. The van der Waals surface area contributed by atoms with Crippen LogP contribution in [-0.2, 0) is 19.6 Å². The molecule has 0 saturated carbocycles. The Morgan fingerprint density at radius 3 is 2.10 bits per heavy atom. The van der Waals surface area contributed by atoms with E-state index in [0.717, 1.165) is 16.0 Å². The van der Waals surface area contributed by atoms with Gasteiger partial charge in [-0.2, -0.15) is 4.31 Å². The van der Waals surface area contributed by atoms with Crippen LogP contribution in [0.1, 0.15) is 17.5 Å². The van der Waals surface area contributed by atoms with Crippen LogP contribution in [0.2, 0.25) is 0 Å². The molecule has 2 aromatic carbocycles. The highest BCUT2D eigenvalue weighted by Gasteiger charge is 2.47. The van der Waals surface area contributed by atoms with Gasteiger partial charge in [-0.1, -0.05) is 36.4 Å². The second-order valence-electron chi connectivity index (χ2n) is 7.94. The van der Waals surface area contributed by atoms with Gasteiger partial charge in [0.25, 0.3) is 5.91 Å². The molecule has 158 valence electrons. The number of nitrogens with zero attached hydrogens (tertiary/aromatic N) is 2. The van der Waals surface area contributed by atoms with Crippen molar-refractivity contribution in [1.82, 2.24) is 4.31 Å². The number of anilines is 1. The highest BCUT2D eigenvalue weighted by Crippen LogP contribution is 2.29. The zero-order chi connectivity index (χ0) is 21.5. The normalized spacial score (nSPS) is 21.4. The van der Waals surface area contributed by atoms with E-state index in [1.165, 1.54) is 9.21 Å². The largest absolute Gasteiger partial charge is 0.322 e. The van der Waals surface area contributed by atoms with Crippen LogP contribution in [0, 0.1) is 13.8 Å². The Balaban J connectivity index is 1.48. The molecular formula is C22H26N3O4S+. The predicted molar refractivity (Wildman–Crippen MR) is 113 cm³/mol. The molecule has 0 spiro atoms. The fraction of sp³-hybridized carbons (Fsp3) is 0.364. The molecular weight excluding hydrogens is 402 g/mol. The van der Waals surface area contributed by atoms with Crippen molar-refractivity contribution in [2.45, 2.75) is 31.2 Å². The molecule has 4 rings (SSSR count). The molecule has 2 amide bonds. The van der Waals surface area contributed by atoms with Crippen molar-refractivity contribution in [1.29, 1.82) is 0 Å². The van der Waals surface area contributed by atoms with Crippen LogP contribution in [0.5, 0.6) is 0 Å². The molecule has 2 aliphatic rings. The van der Waals surface area contributed by atoms with E-state index in [1.54, 1.807) is 30.3 Å². The minimum atomic E-state index is -3.54. The molecule has 2 aromatic rings. The SMILES string of the molecule is Cc1cccc(C)c1N1C(=O)C[C@@H]([NH+]2CCN(S(=O)(=O)c3ccccc3)CC2)C1=O. The van der Waals surface area contributed by atoms with E-state index in [4.69, 9.17) is 0 Å². The Kier molecular flexibility index (Phi) is 5.48. The summed E-state index contributed by atoms with van der Waals surface area (Å²) in [7, 11) is -3.54. The van der Waals surface area contributed by atoms with E-state index in [0.29, 0.717) is 31.9 Å². The number of quaternary nitrogens is 1. The molecule has 2 fully saturated rings. The highest BCUT2D eigenvalue weighted by molar-refractivity contribution is 7.89. The maximum atomic E-state index is 13.2. The minimum Gasteiger partial charge on any atom is -0.322 e. The predicted octanol–water partition coefficient (Wildman–Crippen LogP) is 0.525. The summed E-state index contributed by atoms with van der Waals surface area (Å²) < 4.78 is 27.1. The molecule has 2 aliphatic heterocycles. The quantitative estimate of drug-likeness (QED) is 0.721. The van der Waals surface area contributed by atoms with Gasteiger partial charge in [-0.25, -0.2) is 13.3 Å². The minimum absolute atomic E-state index is 0.160. The lowest BCUT2D eigenvalue weighted by atomic mass is 10.1. The van der Waals surface area contributed by atoms with Gasteiger partial charge in [0.1, 0.15) is 0 Å². The van der Waals surface area contributed by atoms with Crippen LogP contribution in [0.3, 0.4) is 0 Å². The van der Waals surface area contributed by atoms with Crippen LogP contribution in [0.4, 0.5) is 5.69 Å². The molecule has 0 bridgehead atoms. The lowest BCUT2D eigenvalue weighted by Crippen LogP contribution is -3.19. The molecule has 1 atom stereocenters. The number of rotatable bonds is 4. The Labute approximate surface area is 176 Å². The third kappa shape index (κ3) is 3.55. The molecule has 2 saturated heterocycles. The van der Waals surface area contributed by atoms with E-state index >= 15 is 0 Å². The van der Waals surface area contributed by atoms with Gasteiger partial charge < -0.3 is 4.90 Å². The van der Waals surface area contributed by atoms with Crippen molar-refractivity contribution in [3.05, 3.63) is 59.7 Å². The van der Waals surface area contributed by atoms with Crippen molar-refractivity contribution in [3.63, 3.8) is 0 Å². The number of carbonyl (C=O) groups excluding carboxylic acids is 2. The Bertz CT molecular complexity index is 1060. The Hall–Kier alpha value is -2.55.